The van der Waals surface area contributed by atoms with E-state index in [9.17, 15) is 31.1 Å². The van der Waals surface area contributed by atoms with Crippen molar-refractivity contribution >= 4 is 40.4 Å². The van der Waals surface area contributed by atoms with Crippen LogP contribution < -0.4 is 5.43 Å². The number of nitrogens with zero attached hydrogens (tertiary/aromatic N) is 4. The summed E-state index contributed by atoms with van der Waals surface area (Å²) in [5.74, 6) is 3.87. The fraction of sp³-hybridized carbons (Fsp3) is 0.353. The molecule has 4 heterocycles. The highest BCUT2D eigenvalue weighted by atomic mass is 35.5. The normalized spacial score (nSPS) is 17.6. The van der Waals surface area contributed by atoms with Gasteiger partial charge in [0.25, 0.3) is 5.91 Å². The van der Waals surface area contributed by atoms with Crippen LogP contribution in [0.2, 0.25) is 10.0 Å². The molecule has 0 bridgehead atoms. The molecule has 1 unspecified atom stereocenters. The minimum absolute atomic E-state index is 0.0142. The highest BCUT2D eigenvalue weighted by molar-refractivity contribution is 7.16. The van der Waals surface area contributed by atoms with Gasteiger partial charge >= 0.3 is 12.4 Å². The van der Waals surface area contributed by atoms with Crippen molar-refractivity contribution in [2.24, 2.45) is 5.92 Å². The molecule has 0 aliphatic carbocycles. The number of alkyl halides is 6. The molecule has 6 rings (SSSR count). The van der Waals surface area contributed by atoms with E-state index in [1.54, 1.807) is 29.2 Å². The van der Waals surface area contributed by atoms with Gasteiger partial charge in [0.1, 0.15) is 0 Å². The van der Waals surface area contributed by atoms with Gasteiger partial charge in [-0.2, -0.15) is 31.4 Å². The highest BCUT2D eigenvalue weighted by Gasteiger charge is 2.44. The molecule has 0 spiro atoms. The third kappa shape index (κ3) is 8.27. The summed E-state index contributed by atoms with van der Waals surface area (Å²) in [5.41, 5.74) is 3.87. The second kappa shape index (κ2) is 14.4. The zero-order valence-corrected chi connectivity index (χ0v) is 28.1. The number of amides is 1. The fourth-order valence-corrected chi connectivity index (χ4v) is 7.35. The first-order valence-electron chi connectivity index (χ1n) is 15.5. The monoisotopic (exact) mass is 739 g/mol. The molecule has 2 aliphatic heterocycles. The quantitative estimate of drug-likeness (QED) is 0.159. The van der Waals surface area contributed by atoms with Crippen molar-refractivity contribution in [2.45, 2.75) is 44.6 Å². The third-order valence-corrected chi connectivity index (χ3v) is 10.00. The number of thiophene rings is 1. The maximum atomic E-state index is 13.9. The van der Waals surface area contributed by atoms with Crippen molar-refractivity contribution in [3.63, 3.8) is 0 Å². The summed E-state index contributed by atoms with van der Waals surface area (Å²) in [6.45, 7) is 1.28. The lowest BCUT2D eigenvalue weighted by atomic mass is 10.1. The van der Waals surface area contributed by atoms with Crippen LogP contribution in [0.25, 0.3) is 16.3 Å². The maximum absolute atomic E-state index is 13.9. The Morgan fingerprint density at radius 3 is 2.33 bits per heavy atom. The summed E-state index contributed by atoms with van der Waals surface area (Å²) in [6.07, 6.45) is -6.01. The molecule has 49 heavy (non-hydrogen) atoms. The van der Waals surface area contributed by atoms with Gasteiger partial charge in [0, 0.05) is 42.3 Å². The Kier molecular flexibility index (Phi) is 10.3. The fourth-order valence-electron chi connectivity index (χ4n) is 5.94. The summed E-state index contributed by atoms with van der Waals surface area (Å²) >= 11 is 14.1. The number of likely N-dealkylation sites (tertiary alicyclic amines) is 1. The van der Waals surface area contributed by atoms with Crippen molar-refractivity contribution in [1.29, 1.82) is 0 Å². The number of aromatic nitrogens is 2. The van der Waals surface area contributed by atoms with Gasteiger partial charge in [-0.3, -0.25) is 15.1 Å². The zero-order chi connectivity index (χ0) is 34.9. The number of nitrogens with one attached hydrogen (secondary N) is 1. The smallest absolute Gasteiger partial charge is 0.298 e. The SMILES string of the molecule is O=C(NN1CCCCC1)c1nn(-c2ccc(Cl)cc2Cl)c(-c2ccc(C#Cc3ccc(C(F)(F)F)cc3)s2)c1CN1CCC(C(F)(F)F)C1. The minimum atomic E-state index is -4.46. The highest BCUT2D eigenvalue weighted by Crippen LogP contribution is 2.39. The standard InChI is InChI=1S/C34H29Cl2F6N5OS/c35-24-9-12-28(27(36)18-24)47-31(29-13-11-25(49-29)10-6-21-4-7-22(8-5-21)33(37,38)39)26(20-45-17-14-23(19-45)34(40,41)42)30(43-47)32(48)44-46-15-2-1-3-16-46/h4-5,7-9,11-13,18,23H,1-3,14-17,19-20H2,(H,44,48). The van der Waals surface area contributed by atoms with E-state index in [0.717, 1.165) is 31.4 Å². The second-order valence-corrected chi connectivity index (χ2v) is 13.9. The van der Waals surface area contributed by atoms with Gasteiger partial charge in [-0.1, -0.05) is 41.5 Å². The molecule has 1 amide bonds. The van der Waals surface area contributed by atoms with Crippen LogP contribution >= 0.6 is 34.5 Å². The molecule has 4 aromatic rings. The number of hydrogen-bond donors (Lipinski definition) is 1. The molecule has 0 radical (unpaired) electrons. The average Bonchev–Trinajstić information content (AvgIpc) is 3.80. The third-order valence-electron chi connectivity index (χ3n) is 8.45. The van der Waals surface area contributed by atoms with Gasteiger partial charge in [-0.05, 0) is 80.4 Å². The summed E-state index contributed by atoms with van der Waals surface area (Å²) in [4.78, 5) is 16.7. The van der Waals surface area contributed by atoms with E-state index >= 15 is 0 Å². The van der Waals surface area contributed by atoms with E-state index in [0.29, 0.717) is 50.4 Å². The van der Waals surface area contributed by atoms with E-state index < -0.39 is 29.7 Å². The number of piperidine rings is 1. The predicted molar refractivity (Wildman–Crippen MR) is 177 cm³/mol. The van der Waals surface area contributed by atoms with Gasteiger partial charge in [0.05, 0.1) is 37.6 Å². The molecule has 258 valence electrons. The number of carbonyl (C=O) groups is 1. The number of carbonyl (C=O) groups excluding carboxylic acids is 1. The van der Waals surface area contributed by atoms with Crippen molar-refractivity contribution in [2.75, 3.05) is 26.2 Å². The summed E-state index contributed by atoms with van der Waals surface area (Å²) in [6, 6.07) is 12.8. The second-order valence-electron chi connectivity index (χ2n) is 11.9. The Hall–Kier alpha value is -3.54. The topological polar surface area (TPSA) is 53.4 Å². The van der Waals surface area contributed by atoms with Crippen LogP contribution in [0.1, 0.15) is 57.7 Å². The molecule has 2 saturated heterocycles. The molecular formula is C34H29Cl2F6N5OS. The first-order valence-corrected chi connectivity index (χ1v) is 17.1. The molecule has 0 saturated carbocycles. The largest absolute Gasteiger partial charge is 0.416 e. The van der Waals surface area contributed by atoms with E-state index in [-0.39, 0.29) is 36.8 Å². The lowest BCUT2D eigenvalue weighted by molar-refractivity contribution is -0.170. The van der Waals surface area contributed by atoms with Crippen LogP contribution in [-0.4, -0.2) is 58.0 Å². The molecular weight excluding hydrogens is 711 g/mol. The first-order chi connectivity index (χ1) is 23.3. The number of halogens is 8. The van der Waals surface area contributed by atoms with Crippen LogP contribution in [0.15, 0.2) is 54.6 Å². The number of hydrazine groups is 1. The molecule has 6 nitrogen and oxygen atoms in total. The van der Waals surface area contributed by atoms with Crippen molar-refractivity contribution in [3.05, 3.63) is 91.9 Å². The molecule has 15 heteroatoms. The van der Waals surface area contributed by atoms with Gasteiger partial charge in [0.15, 0.2) is 5.69 Å². The van der Waals surface area contributed by atoms with E-state index in [2.05, 4.69) is 17.3 Å². The molecule has 2 aliphatic rings. The summed E-state index contributed by atoms with van der Waals surface area (Å²) in [7, 11) is 0. The van der Waals surface area contributed by atoms with Crippen molar-refractivity contribution < 1.29 is 31.1 Å². The van der Waals surface area contributed by atoms with E-state index in [1.165, 1.54) is 34.2 Å². The Morgan fingerprint density at radius 1 is 0.939 bits per heavy atom. The molecule has 2 fully saturated rings. The predicted octanol–water partition coefficient (Wildman–Crippen LogP) is 8.84. The Balaban J connectivity index is 1.43. The number of benzene rings is 2. The van der Waals surface area contributed by atoms with Gasteiger partial charge in [-0.25, -0.2) is 9.69 Å². The molecule has 1 atom stereocenters. The number of rotatable bonds is 6. The lowest BCUT2D eigenvalue weighted by Crippen LogP contribution is -2.45. The van der Waals surface area contributed by atoms with Crippen LogP contribution in [0.5, 0.6) is 0 Å². The first kappa shape index (κ1) is 35.3. The average molecular weight is 741 g/mol. The van der Waals surface area contributed by atoms with Crippen molar-refractivity contribution in [3.8, 4) is 28.1 Å². The minimum Gasteiger partial charge on any atom is -0.298 e. The van der Waals surface area contributed by atoms with Crippen LogP contribution in [-0.2, 0) is 12.7 Å². The van der Waals surface area contributed by atoms with Crippen LogP contribution in [0.4, 0.5) is 26.3 Å². The van der Waals surface area contributed by atoms with Gasteiger partial charge in [-0.15, -0.1) is 11.3 Å². The number of hydrogen-bond acceptors (Lipinski definition) is 5. The molecule has 1 N–H and O–H groups in total. The lowest BCUT2D eigenvalue weighted by Gasteiger charge is -2.26. The van der Waals surface area contributed by atoms with Crippen molar-refractivity contribution in [1.82, 2.24) is 25.1 Å². The van der Waals surface area contributed by atoms with E-state index in [1.807, 2.05) is 5.01 Å². The summed E-state index contributed by atoms with van der Waals surface area (Å²) < 4.78 is 81.5. The van der Waals surface area contributed by atoms with Gasteiger partial charge in [0.2, 0.25) is 0 Å². The van der Waals surface area contributed by atoms with E-state index in [4.69, 9.17) is 28.3 Å². The van der Waals surface area contributed by atoms with Crippen LogP contribution in [0, 0.1) is 17.8 Å². The maximum Gasteiger partial charge on any atom is 0.416 e. The zero-order valence-electron chi connectivity index (χ0n) is 25.8. The van der Waals surface area contributed by atoms with Crippen LogP contribution in [0.3, 0.4) is 0 Å². The Bertz CT molecular complexity index is 1890. The summed E-state index contributed by atoms with van der Waals surface area (Å²) in [5, 5.41) is 7.16. The molecule has 2 aromatic heterocycles. The van der Waals surface area contributed by atoms with Gasteiger partial charge < -0.3 is 0 Å². The Labute approximate surface area is 292 Å². The molecule has 2 aromatic carbocycles. The Morgan fingerprint density at radius 2 is 1.67 bits per heavy atom.